The standard InChI is InChI=1S/C27H32ClN3O3/c1-4-29-12-14-30(15-13-29)26(21-6-5-7-22(28)17-21)25-24(32)16-19(2)31(27(25)33)18-20-8-10-23(34-3)11-9-20/h5-11,16-17,26,32H,4,12-15,18H2,1-3H3/t26-/m0/s1. The molecule has 0 aliphatic carbocycles. The third-order valence-electron chi connectivity index (χ3n) is 6.68. The predicted molar refractivity (Wildman–Crippen MR) is 136 cm³/mol. The van der Waals surface area contributed by atoms with Gasteiger partial charge in [-0.1, -0.05) is 42.8 Å². The molecule has 1 saturated heterocycles. The Bertz CT molecular complexity index is 1180. The number of ether oxygens (including phenoxy) is 1. The van der Waals surface area contributed by atoms with Crippen LogP contribution in [0, 0.1) is 6.92 Å². The molecule has 1 aromatic heterocycles. The molecule has 1 atom stereocenters. The number of pyridine rings is 1. The van der Waals surface area contributed by atoms with Crippen molar-refractivity contribution in [3.63, 3.8) is 0 Å². The van der Waals surface area contributed by atoms with E-state index in [4.69, 9.17) is 16.3 Å². The normalized spacial score (nSPS) is 15.9. The number of aromatic hydroxyl groups is 1. The Kier molecular flexibility index (Phi) is 7.61. The van der Waals surface area contributed by atoms with Crippen molar-refractivity contribution in [2.45, 2.75) is 26.4 Å². The molecule has 6 nitrogen and oxygen atoms in total. The average Bonchev–Trinajstić information content (AvgIpc) is 2.85. The van der Waals surface area contributed by atoms with Gasteiger partial charge in [0.2, 0.25) is 0 Å². The van der Waals surface area contributed by atoms with Gasteiger partial charge in [0.1, 0.15) is 11.5 Å². The summed E-state index contributed by atoms with van der Waals surface area (Å²) in [4.78, 5) is 18.6. The van der Waals surface area contributed by atoms with Crippen LogP contribution in [0.5, 0.6) is 11.5 Å². The van der Waals surface area contributed by atoms with Crippen molar-refractivity contribution >= 4 is 11.6 Å². The van der Waals surface area contributed by atoms with E-state index < -0.39 is 0 Å². The Labute approximate surface area is 206 Å². The topological polar surface area (TPSA) is 57.9 Å². The van der Waals surface area contributed by atoms with Crippen LogP contribution in [0.1, 0.15) is 35.3 Å². The lowest BCUT2D eigenvalue weighted by molar-refractivity contribution is 0.111. The van der Waals surface area contributed by atoms with Gasteiger partial charge in [0, 0.05) is 36.9 Å². The van der Waals surface area contributed by atoms with Gasteiger partial charge in [-0.05, 0) is 54.9 Å². The number of piperazine rings is 1. The summed E-state index contributed by atoms with van der Waals surface area (Å²) >= 11 is 6.35. The van der Waals surface area contributed by atoms with E-state index in [9.17, 15) is 9.90 Å². The lowest BCUT2D eigenvalue weighted by atomic mass is 9.96. The fourth-order valence-electron chi connectivity index (χ4n) is 4.71. The molecule has 1 N–H and O–H groups in total. The molecule has 0 amide bonds. The van der Waals surface area contributed by atoms with Crippen LogP contribution < -0.4 is 10.3 Å². The molecule has 4 rings (SSSR count). The number of nitrogens with zero attached hydrogens (tertiary/aromatic N) is 3. The van der Waals surface area contributed by atoms with Gasteiger partial charge >= 0.3 is 0 Å². The number of methoxy groups -OCH3 is 1. The van der Waals surface area contributed by atoms with E-state index in [0.717, 1.165) is 49.6 Å². The van der Waals surface area contributed by atoms with Gasteiger partial charge in [-0.15, -0.1) is 0 Å². The quantitative estimate of drug-likeness (QED) is 0.545. The van der Waals surface area contributed by atoms with Gasteiger partial charge in [0.25, 0.3) is 5.56 Å². The van der Waals surface area contributed by atoms with Crippen LogP contribution in [0.15, 0.2) is 59.4 Å². The lowest BCUT2D eigenvalue weighted by Crippen LogP contribution is -2.48. The van der Waals surface area contributed by atoms with Crippen LogP contribution in [0.4, 0.5) is 0 Å². The summed E-state index contributed by atoms with van der Waals surface area (Å²) in [6, 6.07) is 16.6. The molecule has 0 bridgehead atoms. The number of likely N-dealkylation sites (N-methyl/N-ethyl adjacent to an activating group) is 1. The number of aromatic nitrogens is 1. The van der Waals surface area contributed by atoms with Crippen molar-refractivity contribution in [3.05, 3.63) is 92.4 Å². The maximum absolute atomic E-state index is 13.9. The van der Waals surface area contributed by atoms with Gasteiger partial charge < -0.3 is 19.3 Å². The van der Waals surface area contributed by atoms with Gasteiger partial charge in [0.15, 0.2) is 0 Å². The van der Waals surface area contributed by atoms with Crippen molar-refractivity contribution in [2.24, 2.45) is 0 Å². The Hall–Kier alpha value is -2.80. The van der Waals surface area contributed by atoms with Crippen molar-refractivity contribution in [1.82, 2.24) is 14.4 Å². The van der Waals surface area contributed by atoms with Crippen molar-refractivity contribution < 1.29 is 9.84 Å². The second kappa shape index (κ2) is 10.6. The zero-order valence-corrected chi connectivity index (χ0v) is 20.8. The Morgan fingerprint density at radius 2 is 1.76 bits per heavy atom. The molecule has 7 heteroatoms. The minimum absolute atomic E-state index is 0.0244. The molecule has 1 aliphatic heterocycles. The Morgan fingerprint density at radius 1 is 1.06 bits per heavy atom. The number of hydrogen-bond donors (Lipinski definition) is 1. The van der Waals surface area contributed by atoms with Gasteiger partial charge in [0.05, 0.1) is 25.3 Å². The molecular weight excluding hydrogens is 450 g/mol. The second-order valence-electron chi connectivity index (χ2n) is 8.75. The monoisotopic (exact) mass is 481 g/mol. The Balaban J connectivity index is 1.79. The zero-order valence-electron chi connectivity index (χ0n) is 20.0. The van der Waals surface area contributed by atoms with E-state index in [0.29, 0.717) is 22.8 Å². The van der Waals surface area contributed by atoms with Gasteiger partial charge in [-0.3, -0.25) is 9.69 Å². The smallest absolute Gasteiger partial charge is 0.259 e. The number of aryl methyl sites for hydroxylation is 1. The third kappa shape index (κ3) is 5.14. The molecule has 1 fully saturated rings. The van der Waals surface area contributed by atoms with E-state index in [1.54, 1.807) is 17.7 Å². The number of benzene rings is 2. The molecule has 34 heavy (non-hydrogen) atoms. The summed E-state index contributed by atoms with van der Waals surface area (Å²) in [5.74, 6) is 0.794. The Morgan fingerprint density at radius 3 is 2.38 bits per heavy atom. The van der Waals surface area contributed by atoms with Crippen LogP contribution in [0.3, 0.4) is 0 Å². The molecule has 0 saturated carbocycles. The molecule has 2 aromatic carbocycles. The average molecular weight is 482 g/mol. The molecule has 1 aliphatic rings. The second-order valence-corrected chi connectivity index (χ2v) is 9.19. The van der Waals surface area contributed by atoms with Crippen LogP contribution >= 0.6 is 11.6 Å². The first kappa shape index (κ1) is 24.3. The molecule has 0 spiro atoms. The fourth-order valence-corrected chi connectivity index (χ4v) is 4.91. The summed E-state index contributed by atoms with van der Waals surface area (Å²) in [5, 5.41) is 11.7. The maximum Gasteiger partial charge on any atom is 0.259 e. The maximum atomic E-state index is 13.9. The van der Waals surface area contributed by atoms with E-state index >= 15 is 0 Å². The molecule has 0 unspecified atom stereocenters. The fraction of sp³-hybridized carbons (Fsp3) is 0.370. The van der Waals surface area contributed by atoms with Crippen LogP contribution in [0.25, 0.3) is 0 Å². The largest absolute Gasteiger partial charge is 0.507 e. The SMILES string of the molecule is CCN1CCN([C@@H](c2cccc(Cl)c2)c2c(O)cc(C)n(Cc3ccc(OC)cc3)c2=O)CC1. The molecule has 180 valence electrons. The van der Waals surface area contributed by atoms with Crippen LogP contribution in [-0.2, 0) is 6.54 Å². The van der Waals surface area contributed by atoms with Crippen LogP contribution in [-0.4, -0.2) is 59.3 Å². The van der Waals surface area contributed by atoms with E-state index in [2.05, 4.69) is 16.7 Å². The predicted octanol–water partition coefficient (Wildman–Crippen LogP) is 4.30. The first-order chi connectivity index (χ1) is 16.4. The number of halogens is 1. The summed E-state index contributed by atoms with van der Waals surface area (Å²) in [6.45, 7) is 8.86. The summed E-state index contributed by atoms with van der Waals surface area (Å²) in [5.41, 5.74) is 2.81. The molecular formula is C27H32ClN3O3. The first-order valence-corrected chi connectivity index (χ1v) is 12.1. The highest BCUT2D eigenvalue weighted by molar-refractivity contribution is 6.30. The minimum atomic E-state index is -0.382. The van der Waals surface area contributed by atoms with E-state index in [-0.39, 0.29) is 17.4 Å². The van der Waals surface area contributed by atoms with Crippen molar-refractivity contribution in [1.29, 1.82) is 0 Å². The molecule has 0 radical (unpaired) electrons. The summed E-state index contributed by atoms with van der Waals surface area (Å²) < 4.78 is 6.99. The summed E-state index contributed by atoms with van der Waals surface area (Å²) in [7, 11) is 1.63. The highest BCUT2D eigenvalue weighted by Gasteiger charge is 2.31. The van der Waals surface area contributed by atoms with E-state index in [1.807, 2.05) is 55.5 Å². The van der Waals surface area contributed by atoms with E-state index in [1.165, 1.54) is 0 Å². The summed E-state index contributed by atoms with van der Waals surface area (Å²) in [6.07, 6.45) is 0. The number of hydrogen-bond acceptors (Lipinski definition) is 5. The third-order valence-corrected chi connectivity index (χ3v) is 6.91. The minimum Gasteiger partial charge on any atom is -0.507 e. The highest BCUT2D eigenvalue weighted by Crippen LogP contribution is 2.34. The molecule has 3 aromatic rings. The van der Waals surface area contributed by atoms with Crippen molar-refractivity contribution in [3.8, 4) is 11.5 Å². The molecule has 2 heterocycles. The highest BCUT2D eigenvalue weighted by atomic mass is 35.5. The first-order valence-electron chi connectivity index (χ1n) is 11.7. The number of rotatable bonds is 7. The zero-order chi connectivity index (χ0) is 24.2. The van der Waals surface area contributed by atoms with Gasteiger partial charge in [-0.2, -0.15) is 0 Å². The lowest BCUT2D eigenvalue weighted by Gasteiger charge is -2.39. The van der Waals surface area contributed by atoms with Crippen LogP contribution in [0.2, 0.25) is 5.02 Å². The van der Waals surface area contributed by atoms with Crippen molar-refractivity contribution in [2.75, 3.05) is 39.8 Å². The van der Waals surface area contributed by atoms with Gasteiger partial charge in [-0.25, -0.2) is 0 Å².